The fourth-order valence-electron chi connectivity index (χ4n) is 11.5. The van der Waals surface area contributed by atoms with Gasteiger partial charge in [-0.1, -0.05) is 267 Å². The van der Waals surface area contributed by atoms with Crippen LogP contribution in [0.3, 0.4) is 0 Å². The molecule has 0 aliphatic heterocycles. The van der Waals surface area contributed by atoms with E-state index in [4.69, 9.17) is 0 Å². The van der Waals surface area contributed by atoms with Crippen LogP contribution in [0.4, 0.5) is 0 Å². The summed E-state index contributed by atoms with van der Waals surface area (Å²) < 4.78 is 9.28. The minimum atomic E-state index is 0. The Balaban J connectivity index is 0.000000189. The molecule has 0 atom stereocenters. The molecule has 0 aliphatic carbocycles. The molecule has 0 saturated carbocycles. The van der Waals surface area contributed by atoms with Crippen molar-refractivity contribution in [2.24, 2.45) is 0 Å². The summed E-state index contributed by atoms with van der Waals surface area (Å²) in [4.78, 5) is 2.54. The van der Waals surface area contributed by atoms with E-state index in [0.717, 1.165) is 0 Å². The van der Waals surface area contributed by atoms with E-state index in [-0.39, 0.29) is 44.8 Å². The SMILES string of the molecule is CC(C)c1cccc(C(C)C)c1-n1[c-][n+](-c2c(C(C)C)cccc2C(C)C)c2ccccc21.CC(C)c1cccc(C(C)C)c1-n1[c-][n+](-c2c(C(C)C)cccc2C(C)C)c2ccccc21.[Au].[Au].[c-]1ccc(-c2ccc(-c3cc[c-]s3)cc2)s1. The molecule has 2 radical (unpaired) electrons. The quantitative estimate of drug-likeness (QED) is 0.0587. The largest absolute Gasteiger partial charge is 0.296 e. The molecule has 84 heavy (non-hydrogen) atoms. The molecule has 444 valence electrons. The number of hydrogen-bond donors (Lipinski definition) is 0. The van der Waals surface area contributed by atoms with Crippen LogP contribution in [0.15, 0.2) is 170 Å². The molecular weight excluding hydrogens is 1430 g/mol. The van der Waals surface area contributed by atoms with Gasteiger partial charge in [0.05, 0.1) is 44.8 Å². The normalized spacial score (nSPS) is 11.5. The molecule has 0 fully saturated rings. The number of nitrogens with zero attached hydrogens (tertiary/aromatic N) is 4. The number of benzene rings is 7. The Bertz CT molecular complexity index is 3340. The molecule has 0 bridgehead atoms. The van der Waals surface area contributed by atoms with Gasteiger partial charge >= 0.3 is 0 Å². The standard InChI is InChI=1S/2C31H38N2.C14H8S2.2Au/c2*1-20(2)24-13-11-14-25(21(3)4)30(24)32-19-33(29-18-10-9-17-28(29)32)31-26(22(5)6)15-12-16-27(31)23(7)8;1-3-13(15-9-1)11-5-7-12(8-6-11)14-4-2-10-16-14;;/h2*9-18,20-23H,1-8H3;1-8H;;/q;;-2;;. The Morgan fingerprint density at radius 3 is 0.821 bits per heavy atom. The number of imidazole rings is 2. The second-order valence-electron chi connectivity index (χ2n) is 24.3. The Morgan fingerprint density at radius 2 is 0.571 bits per heavy atom. The fraction of sp³-hybridized carbons (Fsp3) is 0.316. The van der Waals surface area contributed by atoms with Crippen molar-refractivity contribution in [2.75, 3.05) is 0 Å². The van der Waals surface area contributed by atoms with Crippen LogP contribution in [0.2, 0.25) is 0 Å². The summed E-state index contributed by atoms with van der Waals surface area (Å²) in [7, 11) is 0. The van der Waals surface area contributed by atoms with Gasteiger partial charge in [-0.05, 0) is 91.9 Å². The summed E-state index contributed by atoms with van der Waals surface area (Å²) in [6.07, 6.45) is 7.67. The third kappa shape index (κ3) is 13.9. The smallest absolute Gasteiger partial charge is 0.269 e. The van der Waals surface area contributed by atoms with Crippen LogP contribution in [-0.4, -0.2) is 9.13 Å². The summed E-state index contributed by atoms with van der Waals surface area (Å²) in [6, 6.07) is 61.3. The molecule has 0 aliphatic rings. The van der Waals surface area contributed by atoms with Crippen molar-refractivity contribution in [3.63, 3.8) is 0 Å². The molecule has 4 aromatic heterocycles. The van der Waals surface area contributed by atoms with Gasteiger partial charge in [0.25, 0.3) is 12.7 Å². The third-order valence-electron chi connectivity index (χ3n) is 15.8. The maximum atomic E-state index is 3.84. The van der Waals surface area contributed by atoms with E-state index < -0.39 is 0 Å². The van der Waals surface area contributed by atoms with Crippen molar-refractivity contribution in [3.8, 4) is 43.6 Å². The first-order valence-electron chi connectivity index (χ1n) is 29.8. The molecule has 11 aromatic rings. The van der Waals surface area contributed by atoms with E-state index in [1.165, 1.54) is 110 Å². The van der Waals surface area contributed by atoms with Crippen LogP contribution < -0.4 is 9.13 Å². The Labute approximate surface area is 542 Å². The average molecular weight is 1510 g/mol. The molecular formula is C76H84Au2N4S2-2. The summed E-state index contributed by atoms with van der Waals surface area (Å²) in [6.45, 7) is 36.6. The molecule has 4 heterocycles. The predicted octanol–water partition coefficient (Wildman–Crippen LogP) is 21.1. The molecule has 0 unspecified atom stereocenters. The van der Waals surface area contributed by atoms with Crippen molar-refractivity contribution in [1.82, 2.24) is 9.13 Å². The third-order valence-corrected chi connectivity index (χ3v) is 17.5. The summed E-state index contributed by atoms with van der Waals surface area (Å²) in [5.74, 6) is 3.41. The molecule has 0 N–H and O–H groups in total. The number of thiophene rings is 2. The molecule has 4 nitrogen and oxygen atoms in total. The van der Waals surface area contributed by atoms with Gasteiger partial charge in [0, 0.05) is 44.8 Å². The van der Waals surface area contributed by atoms with Crippen LogP contribution >= 0.6 is 22.7 Å². The molecule has 0 saturated heterocycles. The Morgan fingerprint density at radius 1 is 0.310 bits per heavy atom. The van der Waals surface area contributed by atoms with Gasteiger partial charge in [0.2, 0.25) is 0 Å². The van der Waals surface area contributed by atoms with E-state index in [9.17, 15) is 0 Å². The van der Waals surface area contributed by atoms with Gasteiger partial charge in [-0.25, -0.2) is 0 Å². The summed E-state index contributed by atoms with van der Waals surface area (Å²) in [5.41, 5.74) is 23.4. The minimum absolute atomic E-state index is 0. The minimum Gasteiger partial charge on any atom is -0.296 e. The average Bonchev–Trinajstić information content (AvgIpc) is 3.52. The van der Waals surface area contributed by atoms with Crippen LogP contribution in [0, 0.1) is 23.4 Å². The van der Waals surface area contributed by atoms with Crippen molar-refractivity contribution in [3.05, 3.63) is 238 Å². The second kappa shape index (κ2) is 29.2. The number of hydrogen-bond acceptors (Lipinski definition) is 2. The van der Waals surface area contributed by atoms with Crippen molar-refractivity contribution >= 4 is 44.7 Å². The van der Waals surface area contributed by atoms with Crippen molar-refractivity contribution in [1.29, 1.82) is 0 Å². The van der Waals surface area contributed by atoms with E-state index in [1.54, 1.807) is 22.7 Å². The molecule has 8 heteroatoms. The topological polar surface area (TPSA) is 17.6 Å². The van der Waals surface area contributed by atoms with E-state index in [1.807, 2.05) is 12.1 Å². The zero-order chi connectivity index (χ0) is 58.5. The zero-order valence-electron chi connectivity index (χ0n) is 52.0. The first-order chi connectivity index (χ1) is 39.4. The Hall–Kier alpha value is -5.64. The number of para-hydroxylation sites is 8. The number of aromatic nitrogens is 4. The van der Waals surface area contributed by atoms with Crippen LogP contribution in [0.1, 0.15) is 203 Å². The van der Waals surface area contributed by atoms with Gasteiger partial charge in [0.1, 0.15) is 0 Å². The summed E-state index contributed by atoms with van der Waals surface area (Å²) in [5, 5.41) is 6.22. The van der Waals surface area contributed by atoms with Crippen LogP contribution in [0.25, 0.3) is 65.7 Å². The second-order valence-corrected chi connectivity index (χ2v) is 26.1. The maximum Gasteiger partial charge on any atom is 0.269 e. The monoisotopic (exact) mass is 1510 g/mol. The van der Waals surface area contributed by atoms with E-state index in [2.05, 4.69) is 310 Å². The van der Waals surface area contributed by atoms with Crippen molar-refractivity contribution < 1.29 is 53.9 Å². The van der Waals surface area contributed by atoms with Gasteiger partial charge in [0.15, 0.2) is 0 Å². The maximum absolute atomic E-state index is 3.84. The first kappa shape index (κ1) is 65.9. The first-order valence-corrected chi connectivity index (χ1v) is 31.5. The molecule has 11 rings (SSSR count). The van der Waals surface area contributed by atoms with Crippen LogP contribution in [-0.2, 0) is 44.8 Å². The van der Waals surface area contributed by atoms with E-state index >= 15 is 0 Å². The fourth-order valence-corrected chi connectivity index (χ4v) is 12.8. The van der Waals surface area contributed by atoms with Gasteiger partial charge < -0.3 is 0 Å². The Kier molecular flexibility index (Phi) is 22.9. The molecule has 0 amide bonds. The van der Waals surface area contributed by atoms with E-state index in [0.29, 0.717) is 47.3 Å². The van der Waals surface area contributed by atoms with Gasteiger partial charge in [-0.15, -0.1) is 20.5 Å². The van der Waals surface area contributed by atoms with Crippen molar-refractivity contribution in [2.45, 2.75) is 158 Å². The van der Waals surface area contributed by atoms with Gasteiger partial charge in [-0.2, -0.15) is 24.3 Å². The number of fused-ring (bicyclic) bond motifs is 2. The summed E-state index contributed by atoms with van der Waals surface area (Å²) >= 11 is 3.30. The van der Waals surface area contributed by atoms with Crippen LogP contribution in [0.5, 0.6) is 0 Å². The van der Waals surface area contributed by atoms with Gasteiger partial charge in [-0.3, -0.25) is 40.9 Å². The zero-order valence-corrected chi connectivity index (χ0v) is 58.0. The predicted molar refractivity (Wildman–Crippen MR) is 351 cm³/mol. The number of rotatable bonds is 14. The molecule has 0 spiro atoms. The molecule has 7 aromatic carbocycles.